The van der Waals surface area contributed by atoms with E-state index in [-0.39, 0.29) is 24.7 Å². The number of amides is 2. The van der Waals surface area contributed by atoms with Crippen LogP contribution in [0.3, 0.4) is 0 Å². The van der Waals surface area contributed by atoms with E-state index in [2.05, 4.69) is 6.08 Å². The third kappa shape index (κ3) is 6.65. The van der Waals surface area contributed by atoms with E-state index in [1.165, 1.54) is 19.1 Å². The quantitative estimate of drug-likeness (QED) is 0.281. The molecule has 4 aliphatic rings. The lowest BCUT2D eigenvalue weighted by molar-refractivity contribution is -0.178. The molecule has 8 heteroatoms. The van der Waals surface area contributed by atoms with Crippen molar-refractivity contribution in [2.45, 2.75) is 89.9 Å². The number of hydrogen-bond donors (Lipinski definition) is 0. The summed E-state index contributed by atoms with van der Waals surface area (Å²) in [5, 5.41) is 0. The van der Waals surface area contributed by atoms with Gasteiger partial charge in [-0.25, -0.2) is 0 Å². The lowest BCUT2D eigenvalue weighted by Gasteiger charge is -2.51. The van der Waals surface area contributed by atoms with E-state index >= 15 is 0 Å². The third-order valence-electron chi connectivity index (χ3n) is 9.46. The molecule has 2 amide bonds. The smallest absolute Gasteiger partial charge is 0.320 e. The zero-order valence-electron chi connectivity index (χ0n) is 25.2. The first-order valence-corrected chi connectivity index (χ1v) is 15.8. The summed E-state index contributed by atoms with van der Waals surface area (Å²) in [6.07, 6.45) is 11.8. The molecule has 0 unspecified atom stereocenters. The first-order valence-electron chi connectivity index (χ1n) is 15.8. The van der Waals surface area contributed by atoms with Crippen LogP contribution < -0.4 is 0 Å². The number of ether oxygens (including phenoxy) is 3. The van der Waals surface area contributed by atoms with E-state index < -0.39 is 29.5 Å². The van der Waals surface area contributed by atoms with Crippen molar-refractivity contribution in [1.29, 1.82) is 0 Å². The van der Waals surface area contributed by atoms with Crippen molar-refractivity contribution in [3.8, 4) is 0 Å². The van der Waals surface area contributed by atoms with Crippen LogP contribution in [0, 0.1) is 11.3 Å². The number of nitrogens with zero attached hydrogens (tertiary/aromatic N) is 2. The number of carbonyl (C=O) groups is 3. The Hall–Kier alpha value is -2.97. The van der Waals surface area contributed by atoms with E-state index in [1.54, 1.807) is 4.90 Å². The maximum absolute atomic E-state index is 14.2. The highest BCUT2D eigenvalue weighted by Gasteiger charge is 2.59. The average Bonchev–Trinajstić information content (AvgIpc) is 3.02. The summed E-state index contributed by atoms with van der Waals surface area (Å²) in [4.78, 5) is 44.9. The molecule has 1 aromatic rings. The predicted octanol–water partition coefficient (Wildman–Crippen LogP) is 5.18. The van der Waals surface area contributed by atoms with E-state index in [0.717, 1.165) is 63.6 Å². The van der Waals surface area contributed by atoms with Gasteiger partial charge in [-0.2, -0.15) is 0 Å². The minimum atomic E-state index is -1.17. The van der Waals surface area contributed by atoms with E-state index in [0.29, 0.717) is 25.5 Å². The van der Waals surface area contributed by atoms with Crippen molar-refractivity contribution >= 4 is 17.8 Å². The molecule has 5 rings (SSSR count). The largest absolute Gasteiger partial charge is 0.468 e. The summed E-state index contributed by atoms with van der Waals surface area (Å²) in [5.41, 5.74) is 1.89. The monoisotopic (exact) mass is 578 g/mol. The van der Waals surface area contributed by atoms with Crippen LogP contribution in [0.1, 0.15) is 76.7 Å². The van der Waals surface area contributed by atoms with E-state index in [9.17, 15) is 14.4 Å². The van der Waals surface area contributed by atoms with Crippen LogP contribution in [0.4, 0.5) is 0 Å². The minimum absolute atomic E-state index is 0.00740. The zero-order chi connectivity index (χ0) is 29.5. The van der Waals surface area contributed by atoms with E-state index in [4.69, 9.17) is 14.2 Å². The van der Waals surface area contributed by atoms with Crippen molar-refractivity contribution in [3.63, 3.8) is 0 Å². The number of benzene rings is 1. The molecule has 228 valence electrons. The SMILES string of the molecule is COC(=O)[C@]12C[C@H](CC(=O)N3CCCCC3)C(=O)N(CCC3=CCCCC3)C1=C[C@H](COCc1ccccc1)O[C@@H]2C. The topological polar surface area (TPSA) is 85.4 Å². The second kappa shape index (κ2) is 14.0. The number of piperidine rings is 2. The molecule has 1 aliphatic carbocycles. The van der Waals surface area contributed by atoms with Gasteiger partial charge in [0.25, 0.3) is 0 Å². The highest BCUT2D eigenvalue weighted by atomic mass is 16.5. The fourth-order valence-corrected chi connectivity index (χ4v) is 7.12. The molecule has 0 radical (unpaired) electrons. The van der Waals surface area contributed by atoms with Gasteiger partial charge in [0, 0.05) is 37.7 Å². The molecule has 0 aromatic heterocycles. The summed E-state index contributed by atoms with van der Waals surface area (Å²) in [6, 6.07) is 9.95. The molecule has 2 saturated heterocycles. The summed E-state index contributed by atoms with van der Waals surface area (Å²) in [7, 11) is 1.39. The van der Waals surface area contributed by atoms with Gasteiger partial charge in [-0.3, -0.25) is 14.4 Å². The van der Waals surface area contributed by atoms with Crippen LogP contribution in [0.5, 0.6) is 0 Å². The van der Waals surface area contributed by atoms with E-state index in [1.807, 2.05) is 48.2 Å². The Morgan fingerprint density at radius 1 is 1.07 bits per heavy atom. The van der Waals surface area contributed by atoms with Gasteiger partial charge >= 0.3 is 5.97 Å². The molecule has 2 fully saturated rings. The molecule has 1 aromatic carbocycles. The predicted molar refractivity (Wildman–Crippen MR) is 159 cm³/mol. The highest BCUT2D eigenvalue weighted by Crippen LogP contribution is 2.50. The molecular weight excluding hydrogens is 532 g/mol. The van der Waals surface area contributed by atoms with Crippen LogP contribution in [-0.4, -0.2) is 73.1 Å². The first-order chi connectivity index (χ1) is 20.4. The Balaban J connectivity index is 1.42. The van der Waals surface area contributed by atoms with Gasteiger partial charge in [0.05, 0.1) is 26.4 Å². The number of esters is 1. The Morgan fingerprint density at radius 2 is 1.86 bits per heavy atom. The molecular formula is C34H46N2O6. The molecule has 0 bridgehead atoms. The Kier molecular flexibility index (Phi) is 10.2. The fourth-order valence-electron chi connectivity index (χ4n) is 7.12. The summed E-state index contributed by atoms with van der Waals surface area (Å²) in [5.74, 6) is -1.13. The lowest BCUT2D eigenvalue weighted by atomic mass is 9.66. The average molecular weight is 579 g/mol. The van der Waals surface area contributed by atoms with Gasteiger partial charge < -0.3 is 24.0 Å². The Morgan fingerprint density at radius 3 is 2.57 bits per heavy atom. The number of carbonyl (C=O) groups excluding carboxylic acids is 3. The maximum atomic E-state index is 14.2. The van der Waals surface area contributed by atoms with Crippen LogP contribution in [-0.2, 0) is 35.2 Å². The number of methoxy groups -OCH3 is 1. The van der Waals surface area contributed by atoms with Crippen molar-refractivity contribution in [3.05, 3.63) is 59.3 Å². The Bertz CT molecular complexity index is 1170. The van der Waals surface area contributed by atoms with Crippen molar-refractivity contribution in [2.24, 2.45) is 11.3 Å². The number of allylic oxidation sites excluding steroid dienone is 1. The van der Waals surface area contributed by atoms with Crippen LogP contribution in [0.15, 0.2) is 53.8 Å². The molecule has 8 nitrogen and oxygen atoms in total. The molecule has 3 aliphatic heterocycles. The van der Waals surface area contributed by atoms with Gasteiger partial charge in [0.1, 0.15) is 11.5 Å². The van der Waals surface area contributed by atoms with Crippen LogP contribution in [0.2, 0.25) is 0 Å². The normalized spacial score (nSPS) is 28.0. The van der Waals surface area contributed by atoms with Gasteiger partial charge in [-0.1, -0.05) is 42.0 Å². The standard InChI is InChI=1S/C34H46N2O6/c1-25-34(33(39)40-2)22-28(20-31(37)35-17-10-5-11-18-35)32(38)36(19-16-26-12-6-3-7-13-26)30(34)21-29(42-25)24-41-23-27-14-8-4-9-15-27/h4,8-9,12,14-15,21,25,28-29H,3,5-7,10-11,13,16-20,22-24H2,1-2H3/t25-,28+,29-,34+/m1/s1. The molecule has 0 N–H and O–H groups in total. The summed E-state index contributed by atoms with van der Waals surface area (Å²) >= 11 is 0. The van der Waals surface area contributed by atoms with Gasteiger partial charge in [-0.15, -0.1) is 0 Å². The first kappa shape index (κ1) is 30.5. The number of fused-ring (bicyclic) bond motifs is 1. The molecule has 4 atom stereocenters. The fraction of sp³-hybridized carbons (Fsp3) is 0.618. The van der Waals surface area contributed by atoms with Gasteiger partial charge in [0.15, 0.2) is 0 Å². The number of rotatable bonds is 10. The Labute approximate surface area is 250 Å². The van der Waals surface area contributed by atoms with Crippen molar-refractivity contribution < 1.29 is 28.6 Å². The van der Waals surface area contributed by atoms with Gasteiger partial charge in [-0.05, 0) is 76.4 Å². The summed E-state index contributed by atoms with van der Waals surface area (Å²) < 4.78 is 17.8. The molecule has 3 heterocycles. The molecule has 42 heavy (non-hydrogen) atoms. The number of likely N-dealkylation sites (tertiary alicyclic amines) is 2. The maximum Gasteiger partial charge on any atom is 0.320 e. The van der Waals surface area contributed by atoms with Crippen molar-refractivity contribution in [2.75, 3.05) is 33.4 Å². The molecule has 0 saturated carbocycles. The second-order valence-corrected chi connectivity index (χ2v) is 12.2. The van der Waals surface area contributed by atoms with Crippen LogP contribution >= 0.6 is 0 Å². The van der Waals surface area contributed by atoms with Gasteiger partial charge in [0.2, 0.25) is 11.8 Å². The zero-order valence-corrected chi connectivity index (χ0v) is 25.2. The number of hydrogen-bond acceptors (Lipinski definition) is 6. The highest BCUT2D eigenvalue weighted by molar-refractivity contribution is 5.92. The lowest BCUT2D eigenvalue weighted by Crippen LogP contribution is -2.60. The third-order valence-corrected chi connectivity index (χ3v) is 9.46. The van der Waals surface area contributed by atoms with Crippen LogP contribution in [0.25, 0.3) is 0 Å². The van der Waals surface area contributed by atoms with Crippen molar-refractivity contribution in [1.82, 2.24) is 9.80 Å². The molecule has 0 spiro atoms. The second-order valence-electron chi connectivity index (χ2n) is 12.2. The minimum Gasteiger partial charge on any atom is -0.468 e. The summed E-state index contributed by atoms with van der Waals surface area (Å²) in [6.45, 7) is 4.55.